The first-order valence-corrected chi connectivity index (χ1v) is 11.6. The molecule has 11 nitrogen and oxygen atoms in total. The van der Waals surface area contributed by atoms with E-state index in [4.69, 9.17) is 0 Å². The number of pyridine rings is 1. The first kappa shape index (κ1) is 26.5. The first-order valence-electron chi connectivity index (χ1n) is 10.8. The lowest BCUT2D eigenvalue weighted by molar-refractivity contribution is -0.141. The van der Waals surface area contributed by atoms with Crippen molar-refractivity contribution in [3.05, 3.63) is 81.0 Å². The molecule has 0 atom stereocenters. The third-order valence-electron chi connectivity index (χ3n) is 5.24. The Labute approximate surface area is 221 Å². The SMILES string of the molecule is CNC(=O)c1cc(C#N)cc(C)c1NC(=O)c1cc(Cn2ncc(C(F)(F)F)n2)nn1-c1ncccc1Br. The van der Waals surface area contributed by atoms with Crippen molar-refractivity contribution in [2.24, 2.45) is 0 Å². The predicted molar refractivity (Wildman–Crippen MR) is 130 cm³/mol. The highest BCUT2D eigenvalue weighted by atomic mass is 79.9. The smallest absolute Gasteiger partial charge is 0.355 e. The van der Waals surface area contributed by atoms with Crippen molar-refractivity contribution >= 4 is 33.4 Å². The molecule has 3 heterocycles. The molecule has 2 N–H and O–H groups in total. The summed E-state index contributed by atoms with van der Waals surface area (Å²) < 4.78 is 40.5. The summed E-state index contributed by atoms with van der Waals surface area (Å²) in [5, 5.41) is 25.9. The van der Waals surface area contributed by atoms with Gasteiger partial charge in [0.05, 0.1) is 39.2 Å². The number of nitrogens with zero attached hydrogens (tertiary/aromatic N) is 7. The first-order chi connectivity index (χ1) is 18.0. The van der Waals surface area contributed by atoms with Gasteiger partial charge in [-0.05, 0) is 58.7 Å². The molecule has 0 aliphatic heterocycles. The number of aromatic nitrogens is 6. The average molecular weight is 588 g/mol. The summed E-state index contributed by atoms with van der Waals surface area (Å²) >= 11 is 3.36. The van der Waals surface area contributed by atoms with Crippen molar-refractivity contribution in [1.82, 2.24) is 35.1 Å². The van der Waals surface area contributed by atoms with Gasteiger partial charge in [-0.3, -0.25) is 9.59 Å². The molecule has 0 unspecified atom stereocenters. The zero-order valence-electron chi connectivity index (χ0n) is 19.7. The predicted octanol–water partition coefficient (Wildman–Crippen LogP) is 3.48. The minimum Gasteiger partial charge on any atom is -0.355 e. The second-order valence-corrected chi connectivity index (χ2v) is 8.71. The van der Waals surface area contributed by atoms with E-state index >= 15 is 0 Å². The number of nitrogens with one attached hydrogen (secondary N) is 2. The molecule has 2 amide bonds. The van der Waals surface area contributed by atoms with E-state index in [1.807, 2.05) is 6.07 Å². The summed E-state index contributed by atoms with van der Waals surface area (Å²) in [4.78, 5) is 31.0. The van der Waals surface area contributed by atoms with E-state index in [0.717, 1.165) is 4.80 Å². The van der Waals surface area contributed by atoms with Crippen LogP contribution < -0.4 is 10.6 Å². The number of aryl methyl sites for hydroxylation is 1. The van der Waals surface area contributed by atoms with Crippen molar-refractivity contribution in [2.45, 2.75) is 19.6 Å². The molecule has 0 saturated heterocycles. The third kappa shape index (κ3) is 5.39. The van der Waals surface area contributed by atoms with Gasteiger partial charge in [0.2, 0.25) is 0 Å². The Bertz CT molecular complexity index is 1590. The maximum absolute atomic E-state index is 13.5. The summed E-state index contributed by atoms with van der Waals surface area (Å²) in [5.41, 5.74) is -0.0975. The molecule has 0 radical (unpaired) electrons. The third-order valence-corrected chi connectivity index (χ3v) is 5.86. The van der Waals surface area contributed by atoms with Crippen LogP contribution in [0.25, 0.3) is 5.82 Å². The molecule has 0 fully saturated rings. The minimum atomic E-state index is -4.66. The van der Waals surface area contributed by atoms with Crippen LogP contribution in [0, 0.1) is 18.3 Å². The van der Waals surface area contributed by atoms with Gasteiger partial charge in [-0.25, -0.2) is 9.67 Å². The summed E-state index contributed by atoms with van der Waals surface area (Å²) in [6.45, 7) is 1.36. The van der Waals surface area contributed by atoms with E-state index in [-0.39, 0.29) is 40.6 Å². The molecule has 4 aromatic rings. The van der Waals surface area contributed by atoms with E-state index < -0.39 is 23.7 Å². The van der Waals surface area contributed by atoms with E-state index in [1.54, 1.807) is 19.1 Å². The van der Waals surface area contributed by atoms with Crippen molar-refractivity contribution < 1.29 is 22.8 Å². The Morgan fingerprint density at radius 1 is 1.18 bits per heavy atom. The maximum atomic E-state index is 13.5. The second-order valence-electron chi connectivity index (χ2n) is 7.86. The van der Waals surface area contributed by atoms with Gasteiger partial charge in [0.15, 0.2) is 11.5 Å². The number of nitriles is 1. The lowest BCUT2D eigenvalue weighted by Gasteiger charge is -2.14. The van der Waals surface area contributed by atoms with E-state index in [0.29, 0.717) is 16.2 Å². The number of hydrogen-bond donors (Lipinski definition) is 2. The molecule has 194 valence electrons. The highest BCUT2D eigenvalue weighted by Gasteiger charge is 2.34. The largest absolute Gasteiger partial charge is 0.436 e. The number of anilines is 1. The zero-order chi connectivity index (χ0) is 27.6. The van der Waals surface area contributed by atoms with Crippen molar-refractivity contribution in [1.29, 1.82) is 5.26 Å². The van der Waals surface area contributed by atoms with Gasteiger partial charge in [-0.15, -0.1) is 5.10 Å². The number of halogens is 4. The van der Waals surface area contributed by atoms with Crippen LogP contribution in [-0.4, -0.2) is 48.6 Å². The number of benzene rings is 1. The molecule has 15 heteroatoms. The maximum Gasteiger partial charge on any atom is 0.436 e. The second kappa shape index (κ2) is 10.4. The number of hydrogen-bond acceptors (Lipinski definition) is 7. The summed E-state index contributed by atoms with van der Waals surface area (Å²) in [6.07, 6.45) is -2.60. The van der Waals surface area contributed by atoms with Gasteiger partial charge in [0, 0.05) is 13.2 Å². The van der Waals surface area contributed by atoms with E-state index in [1.165, 1.54) is 36.1 Å². The molecule has 38 heavy (non-hydrogen) atoms. The molecule has 0 aliphatic rings. The fraction of sp³-hybridized carbons (Fsp3) is 0.174. The number of carbonyl (C=O) groups excluding carboxylic acids is 2. The Morgan fingerprint density at radius 2 is 1.95 bits per heavy atom. The molecule has 1 aromatic carbocycles. The van der Waals surface area contributed by atoms with E-state index in [9.17, 15) is 28.0 Å². The minimum absolute atomic E-state index is 0.0331. The van der Waals surface area contributed by atoms with Crippen LogP contribution in [0.1, 0.15) is 43.4 Å². The Hall–Kier alpha value is -4.58. The number of alkyl halides is 3. The van der Waals surface area contributed by atoms with E-state index in [2.05, 4.69) is 46.8 Å². The highest BCUT2D eigenvalue weighted by molar-refractivity contribution is 9.10. The summed E-state index contributed by atoms with van der Waals surface area (Å²) in [7, 11) is 1.41. The monoisotopic (exact) mass is 587 g/mol. The van der Waals surface area contributed by atoms with Crippen LogP contribution in [0.5, 0.6) is 0 Å². The zero-order valence-corrected chi connectivity index (χ0v) is 21.3. The molecule has 0 bridgehead atoms. The average Bonchev–Trinajstić information content (AvgIpc) is 3.52. The fourth-order valence-electron chi connectivity index (χ4n) is 3.52. The van der Waals surface area contributed by atoms with Gasteiger partial charge in [-0.1, -0.05) is 0 Å². The van der Waals surface area contributed by atoms with Crippen molar-refractivity contribution in [3.8, 4) is 11.9 Å². The van der Waals surface area contributed by atoms with Gasteiger partial charge in [0.25, 0.3) is 11.8 Å². The van der Waals surface area contributed by atoms with Crippen LogP contribution in [0.4, 0.5) is 18.9 Å². The Kier molecular flexibility index (Phi) is 7.26. The molecular formula is C23H17BrF3N9O2. The molecular weight excluding hydrogens is 571 g/mol. The lowest BCUT2D eigenvalue weighted by atomic mass is 10.0. The topological polar surface area (TPSA) is 143 Å². The Morgan fingerprint density at radius 3 is 2.58 bits per heavy atom. The van der Waals surface area contributed by atoms with Gasteiger partial charge in [-0.2, -0.15) is 33.4 Å². The number of amides is 2. The quantitative estimate of drug-likeness (QED) is 0.351. The van der Waals surface area contributed by atoms with Crippen LogP contribution in [0.2, 0.25) is 0 Å². The highest BCUT2D eigenvalue weighted by Crippen LogP contribution is 2.27. The van der Waals surface area contributed by atoms with Crippen LogP contribution >= 0.6 is 15.9 Å². The van der Waals surface area contributed by atoms with Gasteiger partial charge < -0.3 is 10.6 Å². The fourth-order valence-corrected chi connectivity index (χ4v) is 3.94. The molecule has 0 saturated carbocycles. The standard InChI is InChI=1S/C23H17BrF3N9O2/c1-12-6-13(9-28)7-15(21(37)29-2)19(12)32-22(38)17-8-14(11-35-31-10-18(34-35)23(25,26)27)33-36(17)20-16(24)4-3-5-30-20/h3-8,10H,11H2,1-2H3,(H,29,37)(H,32,38). The number of carbonyl (C=O) groups is 2. The summed E-state index contributed by atoms with van der Waals surface area (Å²) in [6, 6.07) is 9.51. The molecule has 0 aliphatic carbocycles. The Balaban J connectivity index is 1.76. The lowest BCUT2D eigenvalue weighted by Crippen LogP contribution is -2.24. The van der Waals surface area contributed by atoms with Crippen LogP contribution in [0.3, 0.4) is 0 Å². The normalized spacial score (nSPS) is 11.2. The summed E-state index contributed by atoms with van der Waals surface area (Å²) in [5.74, 6) is -0.979. The van der Waals surface area contributed by atoms with Crippen LogP contribution in [0.15, 0.2) is 47.2 Å². The molecule has 3 aromatic heterocycles. The van der Waals surface area contributed by atoms with Crippen molar-refractivity contribution in [2.75, 3.05) is 12.4 Å². The van der Waals surface area contributed by atoms with Gasteiger partial charge in [0.1, 0.15) is 12.2 Å². The number of rotatable bonds is 6. The van der Waals surface area contributed by atoms with Gasteiger partial charge >= 0.3 is 6.18 Å². The molecule has 0 spiro atoms. The molecule has 4 rings (SSSR count). The van der Waals surface area contributed by atoms with Crippen LogP contribution in [-0.2, 0) is 12.7 Å². The van der Waals surface area contributed by atoms with Crippen molar-refractivity contribution in [3.63, 3.8) is 0 Å².